The van der Waals surface area contributed by atoms with Crippen LogP contribution in [-0.4, -0.2) is 17.4 Å². The molecule has 0 atom stereocenters. The lowest BCUT2D eigenvalue weighted by molar-refractivity contribution is -0.131. The van der Waals surface area contributed by atoms with E-state index in [1.165, 1.54) is 12.1 Å². The van der Waals surface area contributed by atoms with Crippen molar-refractivity contribution in [2.24, 2.45) is 0 Å². The third-order valence-electron chi connectivity index (χ3n) is 2.18. The highest BCUT2D eigenvalue weighted by Crippen LogP contribution is 2.18. The van der Waals surface area contributed by atoms with E-state index in [4.69, 9.17) is 10.4 Å². The number of aliphatic carboxylic acids is 1. The van der Waals surface area contributed by atoms with Gasteiger partial charge in [0, 0.05) is 11.6 Å². The molecule has 1 N–H and O–H groups in total. The smallest absolute Gasteiger partial charge is 0.328 e. The number of rotatable bonds is 3. The summed E-state index contributed by atoms with van der Waals surface area (Å²) in [6.07, 6.45) is 2.99. The molecule has 0 bridgehead atoms. The van der Waals surface area contributed by atoms with Crippen LogP contribution in [0.25, 0.3) is 6.08 Å². The number of hydrogen-bond acceptors (Lipinski definition) is 3. The van der Waals surface area contributed by atoms with E-state index in [-0.39, 0.29) is 5.56 Å². The van der Waals surface area contributed by atoms with Crippen molar-refractivity contribution < 1.29 is 14.7 Å². The van der Waals surface area contributed by atoms with E-state index in [0.717, 1.165) is 6.08 Å². The molecule has 0 aromatic heterocycles. The first-order valence-corrected chi connectivity index (χ1v) is 4.50. The lowest BCUT2D eigenvalue weighted by atomic mass is 9.98. The SMILES string of the molecule is Cc1c(/C=C/C(=O)O)ccc(C=O)c1C#N. The number of carboxylic acids is 1. The average molecular weight is 215 g/mol. The summed E-state index contributed by atoms with van der Waals surface area (Å²) in [5.74, 6) is -1.06. The van der Waals surface area contributed by atoms with Gasteiger partial charge < -0.3 is 5.11 Å². The number of nitrogens with zero attached hydrogens (tertiary/aromatic N) is 1. The number of carbonyl (C=O) groups is 2. The molecule has 0 aliphatic rings. The highest BCUT2D eigenvalue weighted by Gasteiger charge is 2.07. The molecule has 16 heavy (non-hydrogen) atoms. The highest BCUT2D eigenvalue weighted by atomic mass is 16.4. The van der Waals surface area contributed by atoms with Gasteiger partial charge >= 0.3 is 5.97 Å². The fourth-order valence-electron chi connectivity index (χ4n) is 1.34. The quantitative estimate of drug-likeness (QED) is 0.615. The summed E-state index contributed by atoms with van der Waals surface area (Å²) in [6, 6.07) is 5.04. The Hall–Kier alpha value is -2.41. The molecule has 0 fully saturated rings. The van der Waals surface area contributed by atoms with Crippen molar-refractivity contribution in [3.05, 3.63) is 40.5 Å². The van der Waals surface area contributed by atoms with Crippen LogP contribution in [0, 0.1) is 18.3 Å². The molecule has 1 rings (SSSR count). The summed E-state index contributed by atoms with van der Waals surface area (Å²) < 4.78 is 0. The van der Waals surface area contributed by atoms with Crippen molar-refractivity contribution in [2.75, 3.05) is 0 Å². The minimum Gasteiger partial charge on any atom is -0.478 e. The maximum Gasteiger partial charge on any atom is 0.328 e. The van der Waals surface area contributed by atoms with Gasteiger partial charge in [-0.1, -0.05) is 6.07 Å². The number of aldehydes is 1. The zero-order chi connectivity index (χ0) is 12.1. The van der Waals surface area contributed by atoms with Gasteiger partial charge in [-0.05, 0) is 30.2 Å². The monoisotopic (exact) mass is 215 g/mol. The topological polar surface area (TPSA) is 78.2 Å². The second-order valence-electron chi connectivity index (χ2n) is 3.15. The van der Waals surface area contributed by atoms with E-state index >= 15 is 0 Å². The summed E-state index contributed by atoms with van der Waals surface area (Å²) >= 11 is 0. The van der Waals surface area contributed by atoms with Crippen molar-refractivity contribution in [3.63, 3.8) is 0 Å². The van der Waals surface area contributed by atoms with Crippen LogP contribution in [0.1, 0.15) is 27.0 Å². The van der Waals surface area contributed by atoms with E-state index in [1.807, 2.05) is 6.07 Å². The van der Waals surface area contributed by atoms with Gasteiger partial charge in [0.05, 0.1) is 5.56 Å². The zero-order valence-corrected chi connectivity index (χ0v) is 8.60. The Kier molecular flexibility index (Phi) is 3.57. The van der Waals surface area contributed by atoms with Crippen LogP contribution in [-0.2, 0) is 4.79 Å². The highest BCUT2D eigenvalue weighted by molar-refractivity contribution is 5.87. The Balaban J connectivity index is 3.31. The maximum atomic E-state index is 10.7. The van der Waals surface area contributed by atoms with E-state index in [2.05, 4.69) is 0 Å². The molecule has 4 heteroatoms. The first kappa shape index (κ1) is 11.7. The Morgan fingerprint density at radius 2 is 2.06 bits per heavy atom. The van der Waals surface area contributed by atoms with E-state index < -0.39 is 5.97 Å². The lowest BCUT2D eigenvalue weighted by Crippen LogP contribution is -1.95. The molecule has 0 heterocycles. The molecule has 80 valence electrons. The average Bonchev–Trinajstić information content (AvgIpc) is 2.26. The molecule has 4 nitrogen and oxygen atoms in total. The predicted molar refractivity (Wildman–Crippen MR) is 58.0 cm³/mol. The Bertz CT molecular complexity index is 510. The second kappa shape index (κ2) is 4.89. The molecule has 1 aromatic carbocycles. The van der Waals surface area contributed by atoms with Crippen LogP contribution in [0.4, 0.5) is 0 Å². The van der Waals surface area contributed by atoms with E-state index in [1.54, 1.807) is 13.0 Å². The summed E-state index contributed by atoms with van der Waals surface area (Å²) in [5, 5.41) is 17.4. The molecule has 0 saturated heterocycles. The van der Waals surface area contributed by atoms with Crippen LogP contribution in [0.3, 0.4) is 0 Å². The molecule has 0 saturated carbocycles. The Morgan fingerprint density at radius 1 is 1.44 bits per heavy atom. The van der Waals surface area contributed by atoms with E-state index in [0.29, 0.717) is 23.0 Å². The van der Waals surface area contributed by atoms with Gasteiger partial charge in [-0.25, -0.2) is 4.79 Å². The molecular weight excluding hydrogens is 206 g/mol. The van der Waals surface area contributed by atoms with Gasteiger partial charge in [0.2, 0.25) is 0 Å². The molecule has 0 aliphatic carbocycles. The summed E-state index contributed by atoms with van der Waals surface area (Å²) in [7, 11) is 0. The maximum absolute atomic E-state index is 10.7. The van der Waals surface area contributed by atoms with Crippen LogP contribution >= 0.6 is 0 Å². The largest absolute Gasteiger partial charge is 0.478 e. The molecule has 0 radical (unpaired) electrons. The first-order valence-electron chi connectivity index (χ1n) is 4.50. The van der Waals surface area contributed by atoms with Crippen LogP contribution in [0.2, 0.25) is 0 Å². The van der Waals surface area contributed by atoms with E-state index in [9.17, 15) is 9.59 Å². The summed E-state index contributed by atoms with van der Waals surface area (Å²) in [4.78, 5) is 21.0. The van der Waals surface area contributed by atoms with Gasteiger partial charge in [-0.2, -0.15) is 5.26 Å². The Labute approximate surface area is 92.4 Å². The summed E-state index contributed by atoms with van der Waals surface area (Å²) in [6.45, 7) is 1.67. The third-order valence-corrected chi connectivity index (χ3v) is 2.18. The second-order valence-corrected chi connectivity index (χ2v) is 3.15. The Morgan fingerprint density at radius 3 is 2.56 bits per heavy atom. The molecule has 0 spiro atoms. The van der Waals surface area contributed by atoms with Gasteiger partial charge in [0.15, 0.2) is 6.29 Å². The number of nitriles is 1. The van der Waals surface area contributed by atoms with Crippen molar-refractivity contribution in [1.82, 2.24) is 0 Å². The van der Waals surface area contributed by atoms with Crippen molar-refractivity contribution in [2.45, 2.75) is 6.92 Å². The summed E-state index contributed by atoms with van der Waals surface area (Å²) in [5.41, 5.74) is 1.81. The molecule has 1 aromatic rings. The lowest BCUT2D eigenvalue weighted by Gasteiger charge is -2.04. The van der Waals surface area contributed by atoms with Gasteiger partial charge in [-0.3, -0.25) is 4.79 Å². The normalized spacial score (nSPS) is 10.0. The minimum atomic E-state index is -1.06. The van der Waals surface area contributed by atoms with Gasteiger partial charge in [-0.15, -0.1) is 0 Å². The number of carbonyl (C=O) groups excluding carboxylic acids is 1. The zero-order valence-electron chi connectivity index (χ0n) is 8.60. The fraction of sp³-hybridized carbons (Fsp3) is 0.0833. The van der Waals surface area contributed by atoms with Gasteiger partial charge in [0.25, 0.3) is 0 Å². The number of hydrogen-bond donors (Lipinski definition) is 1. The van der Waals surface area contributed by atoms with Crippen molar-refractivity contribution in [3.8, 4) is 6.07 Å². The molecule has 0 unspecified atom stereocenters. The molecule has 0 amide bonds. The third kappa shape index (κ3) is 2.34. The standard InChI is InChI=1S/C12H9NO3/c1-8-9(4-5-12(15)16)2-3-10(7-14)11(8)6-13/h2-5,7H,1H3,(H,15,16)/b5-4+. The molecular formula is C12H9NO3. The number of carboxylic acid groups (broad SMARTS) is 1. The minimum absolute atomic E-state index is 0.280. The molecule has 0 aliphatic heterocycles. The first-order chi connectivity index (χ1) is 7.60. The van der Waals surface area contributed by atoms with Crippen LogP contribution < -0.4 is 0 Å². The number of benzene rings is 1. The van der Waals surface area contributed by atoms with Crippen LogP contribution in [0.15, 0.2) is 18.2 Å². The van der Waals surface area contributed by atoms with Gasteiger partial charge in [0.1, 0.15) is 6.07 Å². The van der Waals surface area contributed by atoms with Crippen molar-refractivity contribution in [1.29, 1.82) is 5.26 Å². The fourth-order valence-corrected chi connectivity index (χ4v) is 1.34. The predicted octanol–water partition coefficient (Wildman–Crippen LogP) is 1.78. The van der Waals surface area contributed by atoms with Crippen LogP contribution in [0.5, 0.6) is 0 Å². The van der Waals surface area contributed by atoms with Crippen molar-refractivity contribution >= 4 is 18.3 Å².